The predicted octanol–water partition coefficient (Wildman–Crippen LogP) is 1.45. The molecule has 2 heterocycles. The monoisotopic (exact) mass is 293 g/mol. The van der Waals surface area contributed by atoms with Crippen molar-refractivity contribution in [1.82, 2.24) is 14.7 Å². The number of hydrogen-bond donors (Lipinski definition) is 0. The molecule has 1 aliphatic rings. The van der Waals surface area contributed by atoms with Crippen molar-refractivity contribution in [1.29, 1.82) is 0 Å². The Balaban J connectivity index is 1.69. The summed E-state index contributed by atoms with van der Waals surface area (Å²) in [7, 11) is 0. The van der Waals surface area contributed by atoms with Crippen molar-refractivity contribution in [3.05, 3.63) is 17.5 Å². The van der Waals surface area contributed by atoms with Gasteiger partial charge >= 0.3 is 5.97 Å². The van der Waals surface area contributed by atoms with E-state index in [-0.39, 0.29) is 24.9 Å². The van der Waals surface area contributed by atoms with Crippen LogP contribution in [0, 0.1) is 13.8 Å². The molecule has 1 aromatic heterocycles. The van der Waals surface area contributed by atoms with Gasteiger partial charge in [-0.05, 0) is 39.2 Å². The van der Waals surface area contributed by atoms with Gasteiger partial charge in [0.25, 0.3) is 5.91 Å². The van der Waals surface area contributed by atoms with Gasteiger partial charge < -0.3 is 9.64 Å². The van der Waals surface area contributed by atoms with Gasteiger partial charge in [0.1, 0.15) is 0 Å². The summed E-state index contributed by atoms with van der Waals surface area (Å²) >= 11 is 0. The predicted molar refractivity (Wildman–Crippen MR) is 77.7 cm³/mol. The number of esters is 1. The average Bonchev–Trinajstić information content (AvgIpc) is 2.81. The molecule has 0 spiro atoms. The van der Waals surface area contributed by atoms with Gasteiger partial charge in [-0.2, -0.15) is 5.10 Å². The van der Waals surface area contributed by atoms with Gasteiger partial charge in [0.05, 0.1) is 18.7 Å². The maximum absolute atomic E-state index is 11.9. The van der Waals surface area contributed by atoms with Crippen LogP contribution in [0.15, 0.2) is 6.07 Å². The zero-order valence-corrected chi connectivity index (χ0v) is 12.8. The fourth-order valence-electron chi connectivity index (χ4n) is 2.55. The van der Waals surface area contributed by atoms with Gasteiger partial charge in [0.2, 0.25) is 0 Å². The molecular formula is C15H23N3O3. The van der Waals surface area contributed by atoms with Crippen LogP contribution in [0.5, 0.6) is 0 Å². The maximum atomic E-state index is 11.9. The van der Waals surface area contributed by atoms with Crippen LogP contribution in [0.3, 0.4) is 0 Å². The third-order valence-corrected chi connectivity index (χ3v) is 3.70. The molecule has 116 valence electrons. The van der Waals surface area contributed by atoms with Gasteiger partial charge in [0, 0.05) is 18.8 Å². The van der Waals surface area contributed by atoms with Crippen LogP contribution < -0.4 is 0 Å². The molecule has 0 aliphatic carbocycles. The lowest BCUT2D eigenvalue weighted by atomic mass is 10.1. The standard InChI is InChI=1S/C15H23N3O3/c1-12-10-13(2)18(16-12)9-6-15(20)21-11-14(19)17-7-4-3-5-8-17/h10H,3-9,11H2,1-2H3. The summed E-state index contributed by atoms with van der Waals surface area (Å²) in [4.78, 5) is 25.3. The zero-order chi connectivity index (χ0) is 15.2. The van der Waals surface area contributed by atoms with Crippen LogP contribution in [-0.2, 0) is 20.9 Å². The Bertz CT molecular complexity index is 504. The van der Waals surface area contributed by atoms with E-state index in [0.29, 0.717) is 6.54 Å². The van der Waals surface area contributed by atoms with Crippen LogP contribution in [-0.4, -0.2) is 46.3 Å². The summed E-state index contributed by atoms with van der Waals surface area (Å²) in [5.74, 6) is -0.443. The molecule has 1 saturated heterocycles. The first-order valence-corrected chi connectivity index (χ1v) is 7.51. The highest BCUT2D eigenvalue weighted by Gasteiger charge is 2.17. The Kier molecular flexibility index (Phi) is 5.36. The third-order valence-electron chi connectivity index (χ3n) is 3.70. The number of hydrogen-bond acceptors (Lipinski definition) is 4. The van der Waals surface area contributed by atoms with Crippen LogP contribution >= 0.6 is 0 Å². The minimum atomic E-state index is -0.354. The van der Waals surface area contributed by atoms with Gasteiger partial charge in [-0.15, -0.1) is 0 Å². The van der Waals surface area contributed by atoms with E-state index in [1.807, 2.05) is 19.9 Å². The zero-order valence-electron chi connectivity index (χ0n) is 12.8. The Hall–Kier alpha value is -1.85. The molecule has 1 aliphatic heterocycles. The largest absolute Gasteiger partial charge is 0.456 e. The summed E-state index contributed by atoms with van der Waals surface area (Å²) < 4.78 is 6.83. The summed E-state index contributed by atoms with van der Waals surface area (Å²) in [6, 6.07) is 1.96. The first-order chi connectivity index (χ1) is 10.1. The number of nitrogens with zero attached hydrogens (tertiary/aromatic N) is 3. The highest BCUT2D eigenvalue weighted by molar-refractivity contribution is 5.80. The van der Waals surface area contributed by atoms with Crippen molar-refractivity contribution in [2.75, 3.05) is 19.7 Å². The number of aryl methyl sites for hydroxylation is 3. The van der Waals surface area contributed by atoms with E-state index in [1.54, 1.807) is 9.58 Å². The molecule has 0 atom stereocenters. The Morgan fingerprint density at radius 2 is 1.95 bits per heavy atom. The van der Waals surface area contributed by atoms with Crippen LogP contribution in [0.1, 0.15) is 37.1 Å². The van der Waals surface area contributed by atoms with Crippen molar-refractivity contribution < 1.29 is 14.3 Å². The van der Waals surface area contributed by atoms with E-state index in [0.717, 1.165) is 37.3 Å². The maximum Gasteiger partial charge on any atom is 0.308 e. The average molecular weight is 293 g/mol. The molecule has 6 nitrogen and oxygen atoms in total. The molecule has 21 heavy (non-hydrogen) atoms. The first-order valence-electron chi connectivity index (χ1n) is 7.51. The third kappa shape index (κ3) is 4.58. The first kappa shape index (κ1) is 15.5. The number of rotatable bonds is 5. The van der Waals surface area contributed by atoms with Crippen LogP contribution in [0.2, 0.25) is 0 Å². The summed E-state index contributed by atoms with van der Waals surface area (Å²) in [5, 5.41) is 4.28. The van der Waals surface area contributed by atoms with Crippen molar-refractivity contribution in [3.8, 4) is 0 Å². The number of amides is 1. The van der Waals surface area contributed by atoms with Crippen molar-refractivity contribution >= 4 is 11.9 Å². The molecule has 0 unspecified atom stereocenters. The Morgan fingerprint density at radius 3 is 2.57 bits per heavy atom. The topological polar surface area (TPSA) is 64.4 Å². The van der Waals surface area contributed by atoms with Gasteiger partial charge in [-0.1, -0.05) is 0 Å². The molecule has 2 rings (SSSR count). The van der Waals surface area contributed by atoms with E-state index in [4.69, 9.17) is 4.74 Å². The van der Waals surface area contributed by atoms with Gasteiger partial charge in [0.15, 0.2) is 6.61 Å². The molecule has 1 aromatic rings. The molecule has 0 saturated carbocycles. The molecule has 0 N–H and O–H groups in total. The highest BCUT2D eigenvalue weighted by atomic mass is 16.5. The minimum absolute atomic E-state index is 0.0887. The summed E-state index contributed by atoms with van der Waals surface area (Å²) in [6.07, 6.45) is 3.48. The summed E-state index contributed by atoms with van der Waals surface area (Å²) in [6.45, 7) is 5.76. The SMILES string of the molecule is Cc1cc(C)n(CCC(=O)OCC(=O)N2CCCCC2)n1. The fraction of sp³-hybridized carbons (Fsp3) is 0.667. The number of likely N-dealkylation sites (tertiary alicyclic amines) is 1. The quantitative estimate of drug-likeness (QED) is 0.771. The van der Waals surface area contributed by atoms with Crippen LogP contribution in [0.4, 0.5) is 0 Å². The summed E-state index contributed by atoms with van der Waals surface area (Å²) in [5.41, 5.74) is 1.95. The van der Waals surface area contributed by atoms with E-state index in [1.165, 1.54) is 6.42 Å². The van der Waals surface area contributed by atoms with Crippen molar-refractivity contribution in [3.63, 3.8) is 0 Å². The number of piperidine rings is 1. The van der Waals surface area contributed by atoms with E-state index >= 15 is 0 Å². The van der Waals surface area contributed by atoms with Crippen LogP contribution in [0.25, 0.3) is 0 Å². The van der Waals surface area contributed by atoms with E-state index in [9.17, 15) is 9.59 Å². The lowest BCUT2D eigenvalue weighted by molar-refractivity contribution is -0.152. The second-order valence-electron chi connectivity index (χ2n) is 5.50. The Labute approximate surface area is 125 Å². The smallest absolute Gasteiger partial charge is 0.308 e. The van der Waals surface area contributed by atoms with E-state index < -0.39 is 0 Å². The molecule has 0 radical (unpaired) electrons. The molecule has 6 heteroatoms. The number of carbonyl (C=O) groups is 2. The van der Waals surface area contributed by atoms with Gasteiger partial charge in [-0.3, -0.25) is 14.3 Å². The normalized spacial score (nSPS) is 15.0. The molecule has 1 fully saturated rings. The van der Waals surface area contributed by atoms with Crippen molar-refractivity contribution in [2.24, 2.45) is 0 Å². The van der Waals surface area contributed by atoms with Crippen molar-refractivity contribution in [2.45, 2.75) is 46.1 Å². The Morgan fingerprint density at radius 1 is 1.24 bits per heavy atom. The number of carbonyl (C=O) groups excluding carboxylic acids is 2. The van der Waals surface area contributed by atoms with E-state index in [2.05, 4.69) is 5.10 Å². The molecule has 0 aromatic carbocycles. The fourth-order valence-corrected chi connectivity index (χ4v) is 2.55. The lowest BCUT2D eigenvalue weighted by Gasteiger charge is -2.26. The van der Waals surface area contributed by atoms with Gasteiger partial charge in [-0.25, -0.2) is 0 Å². The minimum Gasteiger partial charge on any atom is -0.456 e. The molecular weight excluding hydrogens is 270 g/mol. The molecule has 1 amide bonds. The number of aromatic nitrogens is 2. The highest BCUT2D eigenvalue weighted by Crippen LogP contribution is 2.09. The second-order valence-corrected chi connectivity index (χ2v) is 5.50. The second kappa shape index (κ2) is 7.24. The number of ether oxygens (including phenoxy) is 1. The molecule has 0 bridgehead atoms. The lowest BCUT2D eigenvalue weighted by Crippen LogP contribution is -2.38.